The summed E-state index contributed by atoms with van der Waals surface area (Å²) in [7, 11) is -1.35. The van der Waals surface area contributed by atoms with Crippen LogP contribution in [0.5, 0.6) is 11.9 Å². The molecule has 0 fully saturated rings. The zero-order valence-corrected chi connectivity index (χ0v) is 19.5. The number of nitro groups is 1. The van der Waals surface area contributed by atoms with Crippen molar-refractivity contribution in [1.29, 1.82) is 0 Å². The van der Waals surface area contributed by atoms with Crippen molar-refractivity contribution in [3.63, 3.8) is 0 Å². The minimum Gasteiger partial charge on any atom is -0.481 e. The topological polar surface area (TPSA) is 180 Å². The van der Waals surface area contributed by atoms with Gasteiger partial charge in [0.1, 0.15) is 6.54 Å². The van der Waals surface area contributed by atoms with Crippen molar-refractivity contribution in [2.45, 2.75) is 18.4 Å². The van der Waals surface area contributed by atoms with Crippen molar-refractivity contribution in [2.24, 2.45) is 0 Å². The van der Waals surface area contributed by atoms with Crippen LogP contribution >= 0.6 is 11.6 Å². The van der Waals surface area contributed by atoms with Gasteiger partial charge in [-0.05, 0) is 36.1 Å². The fourth-order valence-electron chi connectivity index (χ4n) is 2.68. The lowest BCUT2D eigenvalue weighted by molar-refractivity contribution is -0.389. The second-order valence-corrected chi connectivity index (χ2v) is 8.66. The number of hydrogen-bond donors (Lipinski definition) is 2. The van der Waals surface area contributed by atoms with Crippen LogP contribution in [0, 0.1) is 17.0 Å². The lowest BCUT2D eigenvalue weighted by atomic mass is 10.3. The number of rotatable bonds is 9. The molecule has 14 nitrogen and oxygen atoms in total. The Bertz CT molecular complexity index is 1320. The molecule has 0 radical (unpaired) electrons. The second-order valence-electron chi connectivity index (χ2n) is 6.60. The monoisotopic (exact) mass is 511 g/mol. The SMILES string of the molecule is COc1cc(NS(=O)(=O)c2ccc(NC(=O)Cn3nc([N+](=O)[O-])c(Cl)c3C)cc2)nc(OC)n1. The maximum absolute atomic E-state index is 12.7. The molecule has 3 rings (SSSR count). The average Bonchev–Trinajstić information content (AvgIpc) is 3.07. The van der Waals surface area contributed by atoms with E-state index in [-0.39, 0.29) is 39.9 Å². The first-order valence-corrected chi connectivity index (χ1v) is 11.2. The Morgan fingerprint density at radius 1 is 1.21 bits per heavy atom. The molecule has 3 aromatic rings. The van der Waals surface area contributed by atoms with Crippen LogP contribution in [0.15, 0.2) is 35.2 Å². The van der Waals surface area contributed by atoms with Crippen molar-refractivity contribution >= 4 is 44.9 Å². The van der Waals surface area contributed by atoms with E-state index in [0.29, 0.717) is 5.69 Å². The zero-order chi connectivity index (χ0) is 25.0. The molecule has 0 aliphatic heterocycles. The molecule has 2 aromatic heterocycles. The number of nitrogens with zero attached hydrogens (tertiary/aromatic N) is 5. The third kappa shape index (κ3) is 5.49. The smallest absolute Gasteiger partial charge is 0.408 e. The molecule has 1 amide bonds. The molecule has 0 spiro atoms. The third-order valence-electron chi connectivity index (χ3n) is 4.34. The maximum atomic E-state index is 12.7. The summed E-state index contributed by atoms with van der Waals surface area (Å²) < 4.78 is 38.7. The van der Waals surface area contributed by atoms with Gasteiger partial charge in [0.15, 0.2) is 10.8 Å². The van der Waals surface area contributed by atoms with E-state index < -0.39 is 26.7 Å². The van der Waals surface area contributed by atoms with Crippen LogP contribution in [0.4, 0.5) is 17.3 Å². The summed E-state index contributed by atoms with van der Waals surface area (Å²) in [6.45, 7) is 1.16. The molecule has 2 N–H and O–H groups in total. The van der Waals surface area contributed by atoms with Crippen LogP contribution in [0.1, 0.15) is 5.69 Å². The quantitative estimate of drug-likeness (QED) is 0.318. The number of carbonyl (C=O) groups excluding carboxylic acids is 1. The number of ether oxygens (including phenoxy) is 2. The summed E-state index contributed by atoms with van der Waals surface area (Å²) in [6.07, 6.45) is 0. The Kier molecular flexibility index (Phi) is 7.17. The van der Waals surface area contributed by atoms with Crippen molar-refractivity contribution < 1.29 is 27.6 Å². The van der Waals surface area contributed by atoms with Gasteiger partial charge in [0, 0.05) is 11.8 Å². The molecular formula is C18H18ClN7O7S. The lowest BCUT2D eigenvalue weighted by Crippen LogP contribution is -2.20. The molecule has 1 aromatic carbocycles. The number of benzene rings is 1. The van der Waals surface area contributed by atoms with E-state index in [1.165, 1.54) is 51.5 Å². The highest BCUT2D eigenvalue weighted by atomic mass is 35.5. The molecule has 0 atom stereocenters. The molecule has 180 valence electrons. The van der Waals surface area contributed by atoms with Crippen LogP contribution in [0.2, 0.25) is 5.02 Å². The second kappa shape index (κ2) is 9.88. The number of carbonyl (C=O) groups is 1. The number of methoxy groups -OCH3 is 2. The largest absolute Gasteiger partial charge is 0.481 e. The number of halogens is 1. The molecule has 0 unspecified atom stereocenters. The molecule has 34 heavy (non-hydrogen) atoms. The molecular weight excluding hydrogens is 494 g/mol. The van der Waals surface area contributed by atoms with E-state index in [2.05, 4.69) is 25.1 Å². The molecule has 2 heterocycles. The van der Waals surface area contributed by atoms with Crippen molar-refractivity contribution in [3.8, 4) is 11.9 Å². The van der Waals surface area contributed by atoms with Crippen molar-refractivity contribution in [3.05, 3.63) is 51.2 Å². The summed E-state index contributed by atoms with van der Waals surface area (Å²) in [5, 5.41) is 17.0. The minimum absolute atomic E-state index is 0.0663. The van der Waals surface area contributed by atoms with Gasteiger partial charge in [0.05, 0.1) is 29.9 Å². The fraction of sp³-hybridized carbons (Fsp3) is 0.222. The Balaban J connectivity index is 1.70. The predicted molar refractivity (Wildman–Crippen MR) is 120 cm³/mol. The number of sulfonamides is 1. The van der Waals surface area contributed by atoms with E-state index in [1.807, 2.05) is 0 Å². The van der Waals surface area contributed by atoms with Gasteiger partial charge in [0.2, 0.25) is 11.8 Å². The first-order valence-electron chi connectivity index (χ1n) is 9.31. The Morgan fingerprint density at radius 3 is 2.44 bits per heavy atom. The molecule has 0 bridgehead atoms. The third-order valence-corrected chi connectivity index (χ3v) is 6.16. The molecule has 16 heteroatoms. The fourth-order valence-corrected chi connectivity index (χ4v) is 3.88. The summed E-state index contributed by atoms with van der Waals surface area (Å²) in [4.78, 5) is 30.2. The van der Waals surface area contributed by atoms with Gasteiger partial charge in [-0.2, -0.15) is 14.6 Å². The van der Waals surface area contributed by atoms with E-state index in [0.717, 1.165) is 4.68 Å². The van der Waals surface area contributed by atoms with Gasteiger partial charge in [-0.1, -0.05) is 11.6 Å². The first kappa shape index (κ1) is 24.7. The van der Waals surface area contributed by atoms with Gasteiger partial charge in [-0.3, -0.25) is 9.52 Å². The molecule has 0 saturated heterocycles. The average molecular weight is 512 g/mol. The van der Waals surface area contributed by atoms with Crippen molar-refractivity contribution in [2.75, 3.05) is 24.3 Å². The van der Waals surface area contributed by atoms with Crippen LogP contribution in [-0.2, 0) is 21.4 Å². The molecule has 0 saturated carbocycles. The highest BCUT2D eigenvalue weighted by Crippen LogP contribution is 2.26. The van der Waals surface area contributed by atoms with Crippen molar-refractivity contribution in [1.82, 2.24) is 19.7 Å². The normalized spacial score (nSPS) is 11.1. The molecule has 0 aliphatic carbocycles. The van der Waals surface area contributed by atoms with E-state index >= 15 is 0 Å². The van der Waals surface area contributed by atoms with E-state index in [9.17, 15) is 23.3 Å². The van der Waals surface area contributed by atoms with Crippen LogP contribution in [0.25, 0.3) is 0 Å². The van der Waals surface area contributed by atoms with Gasteiger partial charge in [-0.15, -0.1) is 0 Å². The van der Waals surface area contributed by atoms with Crippen LogP contribution < -0.4 is 19.5 Å². The number of aromatic nitrogens is 4. The van der Waals surface area contributed by atoms with Gasteiger partial charge >= 0.3 is 11.8 Å². The first-order chi connectivity index (χ1) is 16.0. The van der Waals surface area contributed by atoms with Gasteiger partial charge in [-0.25, -0.2) is 8.42 Å². The minimum atomic E-state index is -4.03. The standard InChI is InChI=1S/C18H18ClN7O7S/c1-10-16(19)17(26(28)29)23-25(10)9-14(27)20-11-4-6-12(7-5-11)34(30,31)24-13-8-15(32-2)22-18(21-13)33-3/h4-8H,9H2,1-3H3,(H,20,27)(H,21,22,24). The number of anilines is 2. The summed E-state index contributed by atoms with van der Waals surface area (Å²) in [5.74, 6) is -1.07. The number of hydrogen-bond acceptors (Lipinski definition) is 10. The predicted octanol–water partition coefficient (Wildman–Crippen LogP) is 2.00. The zero-order valence-electron chi connectivity index (χ0n) is 18.0. The Labute approximate surface area is 198 Å². The summed E-state index contributed by atoms with van der Waals surface area (Å²) >= 11 is 5.86. The van der Waals surface area contributed by atoms with Crippen LogP contribution in [0.3, 0.4) is 0 Å². The lowest BCUT2D eigenvalue weighted by Gasteiger charge is -2.10. The Hall–Kier alpha value is -3.98. The molecule has 0 aliphatic rings. The van der Waals surface area contributed by atoms with E-state index in [1.54, 1.807) is 0 Å². The number of nitrogens with one attached hydrogen (secondary N) is 2. The van der Waals surface area contributed by atoms with Gasteiger partial charge in [0.25, 0.3) is 10.0 Å². The number of amides is 1. The Morgan fingerprint density at radius 2 is 1.88 bits per heavy atom. The van der Waals surface area contributed by atoms with Gasteiger partial charge < -0.3 is 24.9 Å². The van der Waals surface area contributed by atoms with Crippen LogP contribution in [-0.4, -0.2) is 53.2 Å². The highest BCUT2D eigenvalue weighted by molar-refractivity contribution is 7.92. The summed E-state index contributed by atoms with van der Waals surface area (Å²) in [5.41, 5.74) is 0.550. The maximum Gasteiger partial charge on any atom is 0.408 e. The van der Waals surface area contributed by atoms with E-state index in [4.69, 9.17) is 21.1 Å². The summed E-state index contributed by atoms with van der Waals surface area (Å²) in [6, 6.07) is 6.48. The highest BCUT2D eigenvalue weighted by Gasteiger charge is 2.25.